The summed E-state index contributed by atoms with van der Waals surface area (Å²) in [6, 6.07) is 17.0. The van der Waals surface area contributed by atoms with Crippen molar-refractivity contribution < 1.29 is 14.3 Å². The fourth-order valence-corrected chi connectivity index (χ4v) is 5.12. The first-order valence-electron chi connectivity index (χ1n) is 9.48. The topological polar surface area (TPSA) is 105 Å². The van der Waals surface area contributed by atoms with E-state index in [1.807, 2.05) is 36.4 Å². The molecule has 1 aliphatic carbocycles. The smallest absolute Gasteiger partial charge is 0.245 e. The van der Waals surface area contributed by atoms with Crippen LogP contribution < -0.4 is 11.1 Å². The van der Waals surface area contributed by atoms with Gasteiger partial charge in [-0.1, -0.05) is 46.3 Å². The summed E-state index contributed by atoms with van der Waals surface area (Å²) in [5.74, 6) is -0.538. The minimum atomic E-state index is -1.59. The molecule has 0 saturated carbocycles. The van der Waals surface area contributed by atoms with E-state index in [4.69, 9.17) is 10.5 Å². The molecule has 2 aromatic carbocycles. The molecule has 7 heteroatoms. The number of anilines is 1. The second-order valence-corrected chi connectivity index (χ2v) is 8.50. The quantitative estimate of drug-likeness (QED) is 0.672. The molecule has 3 N–H and O–H groups in total. The molecule has 3 aliphatic rings. The Bertz CT molecular complexity index is 1230. The van der Waals surface area contributed by atoms with Gasteiger partial charge in [0, 0.05) is 28.6 Å². The molecular weight excluding hydrogens is 446 g/mol. The summed E-state index contributed by atoms with van der Waals surface area (Å²) in [7, 11) is 0. The van der Waals surface area contributed by atoms with E-state index in [0.717, 1.165) is 10.0 Å². The number of carbonyl (C=O) groups excluding carboxylic acids is 2. The molecule has 30 heavy (non-hydrogen) atoms. The molecule has 1 amide bonds. The Kier molecular flexibility index (Phi) is 4.09. The maximum Gasteiger partial charge on any atom is 0.245 e. The van der Waals surface area contributed by atoms with E-state index in [9.17, 15) is 14.9 Å². The number of hydrogen-bond acceptors (Lipinski definition) is 5. The molecule has 5 rings (SSSR count). The Morgan fingerprint density at radius 3 is 2.67 bits per heavy atom. The van der Waals surface area contributed by atoms with Crippen molar-refractivity contribution in [1.29, 1.82) is 5.26 Å². The lowest BCUT2D eigenvalue weighted by Gasteiger charge is -2.39. The van der Waals surface area contributed by atoms with Crippen LogP contribution in [0.4, 0.5) is 5.69 Å². The highest BCUT2D eigenvalue weighted by Gasteiger charge is 2.60. The van der Waals surface area contributed by atoms with Gasteiger partial charge in [-0.25, -0.2) is 0 Å². The van der Waals surface area contributed by atoms with Gasteiger partial charge in [-0.3, -0.25) is 9.59 Å². The first-order chi connectivity index (χ1) is 14.5. The third-order valence-electron chi connectivity index (χ3n) is 6.01. The molecule has 0 saturated heterocycles. The number of rotatable bonds is 1. The van der Waals surface area contributed by atoms with E-state index < -0.39 is 11.3 Å². The summed E-state index contributed by atoms with van der Waals surface area (Å²) < 4.78 is 6.53. The van der Waals surface area contributed by atoms with E-state index in [2.05, 4.69) is 21.2 Å². The van der Waals surface area contributed by atoms with Crippen LogP contribution in [-0.4, -0.2) is 11.7 Å². The minimum Gasteiger partial charge on any atom is -0.444 e. The predicted molar refractivity (Wildman–Crippen MR) is 113 cm³/mol. The SMILES string of the molecule is N#CC1=C(N)OC2=C(C(=O)C[C@H](c3ccccc3)C2)[C@@]12C(=O)Nc1ccc(Br)cc12. The van der Waals surface area contributed by atoms with E-state index in [1.165, 1.54) is 0 Å². The zero-order chi connectivity index (χ0) is 21.0. The Labute approximate surface area is 181 Å². The summed E-state index contributed by atoms with van der Waals surface area (Å²) in [6.07, 6.45) is 0.645. The number of nitrogens with one attached hydrogen (secondary N) is 1. The fourth-order valence-electron chi connectivity index (χ4n) is 4.75. The van der Waals surface area contributed by atoms with E-state index in [0.29, 0.717) is 23.4 Å². The van der Waals surface area contributed by atoms with Crippen molar-refractivity contribution in [2.75, 3.05) is 5.32 Å². The van der Waals surface area contributed by atoms with Gasteiger partial charge < -0.3 is 15.8 Å². The highest BCUT2D eigenvalue weighted by Crippen LogP contribution is 2.55. The van der Waals surface area contributed by atoms with Gasteiger partial charge in [0.1, 0.15) is 22.8 Å². The number of allylic oxidation sites excluding steroid dienone is 1. The lowest BCUT2D eigenvalue weighted by atomic mass is 9.63. The van der Waals surface area contributed by atoms with Gasteiger partial charge >= 0.3 is 0 Å². The second kappa shape index (κ2) is 6.57. The van der Waals surface area contributed by atoms with Gasteiger partial charge in [-0.2, -0.15) is 5.26 Å². The van der Waals surface area contributed by atoms with Gasteiger partial charge in [0.15, 0.2) is 5.78 Å². The first-order valence-corrected chi connectivity index (χ1v) is 10.3. The third kappa shape index (κ3) is 2.40. The molecular formula is C23H16BrN3O3. The first kappa shape index (κ1) is 18.6. The van der Waals surface area contributed by atoms with Crippen LogP contribution in [0, 0.1) is 11.3 Å². The van der Waals surface area contributed by atoms with Crippen molar-refractivity contribution in [3.05, 3.63) is 86.9 Å². The summed E-state index contributed by atoms with van der Waals surface area (Å²) in [6.45, 7) is 0. The van der Waals surface area contributed by atoms with Crippen LogP contribution in [-0.2, 0) is 19.7 Å². The van der Waals surface area contributed by atoms with Gasteiger partial charge in [0.05, 0.1) is 5.57 Å². The number of Topliss-reactive ketones (excluding diaryl/α,β-unsaturated/α-hetero) is 1. The minimum absolute atomic E-state index is 0.0536. The van der Waals surface area contributed by atoms with Crippen LogP contribution in [0.25, 0.3) is 0 Å². The van der Waals surface area contributed by atoms with Crippen molar-refractivity contribution in [1.82, 2.24) is 0 Å². The number of amides is 1. The number of ketones is 1. The van der Waals surface area contributed by atoms with Crippen molar-refractivity contribution >= 4 is 33.3 Å². The fraction of sp³-hybridized carbons (Fsp3) is 0.174. The molecule has 1 spiro atoms. The van der Waals surface area contributed by atoms with Gasteiger partial charge in [0.25, 0.3) is 0 Å². The maximum atomic E-state index is 13.5. The van der Waals surface area contributed by atoms with E-state index >= 15 is 0 Å². The molecule has 0 aromatic heterocycles. The number of nitriles is 1. The van der Waals surface area contributed by atoms with Crippen LogP contribution in [0.5, 0.6) is 0 Å². The maximum absolute atomic E-state index is 13.5. The number of halogens is 1. The predicted octanol–water partition coefficient (Wildman–Crippen LogP) is 3.76. The highest BCUT2D eigenvalue weighted by molar-refractivity contribution is 9.10. The average molecular weight is 462 g/mol. The monoisotopic (exact) mass is 461 g/mol. The van der Waals surface area contributed by atoms with Gasteiger partial charge in [0.2, 0.25) is 11.8 Å². The number of fused-ring (bicyclic) bond motifs is 3. The summed E-state index contributed by atoms with van der Waals surface area (Å²) >= 11 is 3.43. The normalized spacial score (nSPS) is 24.9. The Balaban J connectivity index is 1.75. The number of benzene rings is 2. The van der Waals surface area contributed by atoms with Crippen LogP contribution in [0.15, 0.2) is 75.8 Å². The lowest BCUT2D eigenvalue weighted by Crippen LogP contribution is -2.47. The summed E-state index contributed by atoms with van der Waals surface area (Å²) in [5.41, 5.74) is 6.81. The molecule has 2 aliphatic heterocycles. The summed E-state index contributed by atoms with van der Waals surface area (Å²) in [4.78, 5) is 26.9. The van der Waals surface area contributed by atoms with Crippen LogP contribution >= 0.6 is 15.9 Å². The molecule has 2 heterocycles. The molecule has 2 atom stereocenters. The van der Waals surface area contributed by atoms with Crippen LogP contribution in [0.1, 0.15) is 29.9 Å². The zero-order valence-electron chi connectivity index (χ0n) is 15.7. The number of nitrogens with two attached hydrogens (primary N) is 1. The molecule has 2 aromatic rings. The highest BCUT2D eigenvalue weighted by atomic mass is 79.9. The zero-order valence-corrected chi connectivity index (χ0v) is 17.3. The largest absolute Gasteiger partial charge is 0.444 e. The number of ether oxygens (including phenoxy) is 1. The van der Waals surface area contributed by atoms with E-state index in [-0.39, 0.29) is 35.2 Å². The molecule has 0 radical (unpaired) electrons. The van der Waals surface area contributed by atoms with Crippen molar-refractivity contribution in [2.45, 2.75) is 24.2 Å². The van der Waals surface area contributed by atoms with Crippen LogP contribution in [0.3, 0.4) is 0 Å². The number of hydrogen-bond donors (Lipinski definition) is 2. The van der Waals surface area contributed by atoms with Crippen molar-refractivity contribution in [2.24, 2.45) is 5.73 Å². The second-order valence-electron chi connectivity index (χ2n) is 7.58. The standard InChI is InChI=1S/C23H16BrN3O3/c24-14-6-7-17-15(10-14)23(22(29)27-17)16(11-25)21(26)30-19-9-13(8-18(28)20(19)23)12-4-2-1-3-5-12/h1-7,10,13H,8-9,26H2,(H,27,29)/t13-,23-/m0/s1. The molecule has 0 bridgehead atoms. The lowest BCUT2D eigenvalue weighted by molar-refractivity contribution is -0.123. The van der Waals surface area contributed by atoms with Crippen molar-refractivity contribution in [3.8, 4) is 6.07 Å². The molecule has 148 valence electrons. The molecule has 0 fully saturated rings. The van der Waals surface area contributed by atoms with Crippen LogP contribution in [0.2, 0.25) is 0 Å². The molecule has 6 nitrogen and oxygen atoms in total. The summed E-state index contributed by atoms with van der Waals surface area (Å²) in [5, 5.41) is 12.7. The van der Waals surface area contributed by atoms with Gasteiger partial charge in [-0.15, -0.1) is 0 Å². The number of carbonyl (C=O) groups is 2. The Morgan fingerprint density at radius 2 is 1.93 bits per heavy atom. The number of nitrogens with zero attached hydrogens (tertiary/aromatic N) is 1. The Hall–Kier alpha value is -3.37. The third-order valence-corrected chi connectivity index (χ3v) is 6.50. The van der Waals surface area contributed by atoms with Gasteiger partial charge in [-0.05, 0) is 29.7 Å². The average Bonchev–Trinajstić information content (AvgIpc) is 3.00. The Morgan fingerprint density at radius 1 is 1.17 bits per heavy atom. The van der Waals surface area contributed by atoms with E-state index in [1.54, 1.807) is 18.2 Å². The van der Waals surface area contributed by atoms with Crippen molar-refractivity contribution in [3.63, 3.8) is 0 Å². The molecule has 0 unspecified atom stereocenters.